The number of hydrogen-bond donors (Lipinski definition) is 1. The molecule has 0 radical (unpaired) electrons. The lowest BCUT2D eigenvalue weighted by atomic mass is 9.81. The van der Waals surface area contributed by atoms with Gasteiger partial charge in [-0.1, -0.05) is 5.16 Å². The Morgan fingerprint density at radius 1 is 1.59 bits per heavy atom. The average molecular weight is 235 g/mol. The van der Waals surface area contributed by atoms with Crippen molar-refractivity contribution in [1.29, 1.82) is 5.26 Å². The van der Waals surface area contributed by atoms with Crippen molar-refractivity contribution in [2.75, 3.05) is 13.2 Å². The standard InChI is InChI=1S/C11H13N3O3/c12-8-11(2-5-16-6-3-11)10(15)13-7-9-1-4-17-14-9/h1,4H,2-3,5-7H2,(H,13,15). The van der Waals surface area contributed by atoms with Crippen molar-refractivity contribution in [3.05, 3.63) is 18.0 Å². The van der Waals surface area contributed by atoms with Gasteiger partial charge in [-0.3, -0.25) is 4.79 Å². The molecular weight excluding hydrogens is 222 g/mol. The van der Waals surface area contributed by atoms with Crippen LogP contribution in [0.15, 0.2) is 16.9 Å². The lowest BCUT2D eigenvalue weighted by Crippen LogP contribution is -2.43. The number of ether oxygens (including phenoxy) is 1. The third-order valence-corrected chi connectivity index (χ3v) is 2.92. The summed E-state index contributed by atoms with van der Waals surface area (Å²) >= 11 is 0. The van der Waals surface area contributed by atoms with Gasteiger partial charge in [0.25, 0.3) is 0 Å². The van der Waals surface area contributed by atoms with Crippen molar-refractivity contribution in [2.24, 2.45) is 5.41 Å². The molecule has 1 aliphatic heterocycles. The second kappa shape index (κ2) is 4.97. The number of carbonyl (C=O) groups excluding carboxylic acids is 1. The lowest BCUT2D eigenvalue weighted by molar-refractivity contribution is -0.132. The number of nitrogens with zero attached hydrogens (tertiary/aromatic N) is 2. The number of amides is 1. The van der Waals surface area contributed by atoms with E-state index in [-0.39, 0.29) is 12.5 Å². The van der Waals surface area contributed by atoms with E-state index in [1.54, 1.807) is 6.07 Å². The summed E-state index contributed by atoms with van der Waals surface area (Å²) in [5.41, 5.74) is -0.319. The normalized spacial score (nSPS) is 18.3. The molecule has 1 saturated heterocycles. The Balaban J connectivity index is 1.96. The summed E-state index contributed by atoms with van der Waals surface area (Å²) in [5, 5.41) is 15.6. The van der Waals surface area contributed by atoms with Gasteiger partial charge in [0.1, 0.15) is 17.4 Å². The van der Waals surface area contributed by atoms with Crippen LogP contribution in [-0.4, -0.2) is 24.3 Å². The van der Waals surface area contributed by atoms with Crippen molar-refractivity contribution in [1.82, 2.24) is 10.5 Å². The highest BCUT2D eigenvalue weighted by atomic mass is 16.5. The van der Waals surface area contributed by atoms with Gasteiger partial charge in [0.15, 0.2) is 0 Å². The van der Waals surface area contributed by atoms with Crippen molar-refractivity contribution in [3.8, 4) is 6.07 Å². The molecule has 0 spiro atoms. The summed E-state index contributed by atoms with van der Waals surface area (Å²) in [6, 6.07) is 3.78. The van der Waals surface area contributed by atoms with Crippen LogP contribution in [-0.2, 0) is 16.1 Å². The van der Waals surface area contributed by atoms with E-state index >= 15 is 0 Å². The molecule has 2 heterocycles. The van der Waals surface area contributed by atoms with Crippen LogP contribution in [0, 0.1) is 16.7 Å². The Morgan fingerprint density at radius 3 is 2.94 bits per heavy atom. The molecule has 1 aromatic rings. The van der Waals surface area contributed by atoms with Crippen LogP contribution in [0.1, 0.15) is 18.5 Å². The molecule has 0 atom stereocenters. The van der Waals surface area contributed by atoms with Crippen LogP contribution in [0.4, 0.5) is 0 Å². The lowest BCUT2D eigenvalue weighted by Gasteiger charge is -2.28. The molecule has 0 aromatic carbocycles. The van der Waals surface area contributed by atoms with Gasteiger partial charge in [-0.15, -0.1) is 0 Å². The quantitative estimate of drug-likeness (QED) is 0.829. The van der Waals surface area contributed by atoms with Gasteiger partial charge in [0, 0.05) is 19.3 Å². The summed E-state index contributed by atoms with van der Waals surface area (Å²) < 4.78 is 9.83. The fourth-order valence-electron chi connectivity index (χ4n) is 1.78. The Labute approximate surface area is 98.5 Å². The Bertz CT molecular complexity index is 416. The second-order valence-corrected chi connectivity index (χ2v) is 3.98. The van der Waals surface area contributed by atoms with Crippen LogP contribution in [0.2, 0.25) is 0 Å². The largest absolute Gasteiger partial charge is 0.381 e. The zero-order chi connectivity index (χ0) is 12.1. The minimum atomic E-state index is -0.956. The molecule has 1 fully saturated rings. The van der Waals surface area contributed by atoms with Crippen LogP contribution in [0.5, 0.6) is 0 Å². The number of hydrogen-bond acceptors (Lipinski definition) is 5. The summed E-state index contributed by atoms with van der Waals surface area (Å²) in [6.07, 6.45) is 2.32. The predicted octanol–water partition coefficient (Wildman–Crippen LogP) is 0.611. The van der Waals surface area contributed by atoms with Gasteiger partial charge in [-0.2, -0.15) is 5.26 Å². The third kappa shape index (κ3) is 2.45. The molecule has 1 aromatic heterocycles. The zero-order valence-corrected chi connectivity index (χ0v) is 9.31. The molecule has 0 bridgehead atoms. The molecule has 1 N–H and O–H groups in total. The summed E-state index contributed by atoms with van der Waals surface area (Å²) in [5.74, 6) is -0.258. The van der Waals surface area contributed by atoms with Crippen molar-refractivity contribution >= 4 is 5.91 Å². The minimum absolute atomic E-state index is 0.258. The summed E-state index contributed by atoms with van der Waals surface area (Å²) in [6.45, 7) is 1.18. The number of carbonyl (C=O) groups is 1. The molecule has 6 nitrogen and oxygen atoms in total. The summed E-state index contributed by atoms with van der Waals surface area (Å²) in [4.78, 5) is 12.0. The molecule has 17 heavy (non-hydrogen) atoms. The molecule has 0 unspecified atom stereocenters. The molecule has 1 aliphatic rings. The van der Waals surface area contributed by atoms with Crippen molar-refractivity contribution in [2.45, 2.75) is 19.4 Å². The average Bonchev–Trinajstić information content (AvgIpc) is 2.90. The van der Waals surface area contributed by atoms with E-state index in [9.17, 15) is 4.79 Å². The zero-order valence-electron chi connectivity index (χ0n) is 9.31. The number of nitrogens with one attached hydrogen (secondary N) is 1. The van der Waals surface area contributed by atoms with E-state index in [0.717, 1.165) is 0 Å². The summed E-state index contributed by atoms with van der Waals surface area (Å²) in [7, 11) is 0. The molecule has 0 aliphatic carbocycles. The van der Waals surface area contributed by atoms with Crippen LogP contribution in [0.25, 0.3) is 0 Å². The van der Waals surface area contributed by atoms with Gasteiger partial charge in [0.05, 0.1) is 12.6 Å². The molecular formula is C11H13N3O3. The molecule has 0 saturated carbocycles. The van der Waals surface area contributed by atoms with Gasteiger partial charge in [0.2, 0.25) is 5.91 Å². The van der Waals surface area contributed by atoms with Gasteiger partial charge >= 0.3 is 0 Å². The van der Waals surface area contributed by atoms with Crippen LogP contribution < -0.4 is 5.32 Å². The molecule has 6 heteroatoms. The molecule has 90 valence electrons. The van der Waals surface area contributed by atoms with Gasteiger partial charge < -0.3 is 14.6 Å². The topological polar surface area (TPSA) is 88.2 Å². The van der Waals surface area contributed by atoms with Gasteiger partial charge in [-0.25, -0.2) is 0 Å². The molecule has 2 rings (SSSR count). The first kappa shape index (κ1) is 11.6. The van der Waals surface area contributed by atoms with E-state index in [1.165, 1.54) is 6.26 Å². The number of nitriles is 1. The maximum atomic E-state index is 12.0. The first-order valence-electron chi connectivity index (χ1n) is 5.43. The van der Waals surface area contributed by atoms with Crippen LogP contribution >= 0.6 is 0 Å². The van der Waals surface area contributed by atoms with Gasteiger partial charge in [-0.05, 0) is 12.8 Å². The Morgan fingerprint density at radius 2 is 2.35 bits per heavy atom. The number of aromatic nitrogens is 1. The highest BCUT2D eigenvalue weighted by molar-refractivity contribution is 5.85. The van der Waals surface area contributed by atoms with Crippen molar-refractivity contribution < 1.29 is 14.1 Å². The van der Waals surface area contributed by atoms with E-state index < -0.39 is 5.41 Å². The van der Waals surface area contributed by atoms with E-state index in [4.69, 9.17) is 10.00 Å². The predicted molar refractivity (Wildman–Crippen MR) is 56.4 cm³/mol. The highest BCUT2D eigenvalue weighted by Gasteiger charge is 2.40. The van der Waals surface area contributed by atoms with E-state index in [0.29, 0.717) is 31.7 Å². The monoisotopic (exact) mass is 235 g/mol. The fraction of sp³-hybridized carbons (Fsp3) is 0.545. The highest BCUT2D eigenvalue weighted by Crippen LogP contribution is 2.29. The SMILES string of the molecule is N#CC1(C(=O)NCc2ccon2)CCOCC1. The van der Waals surface area contributed by atoms with Crippen LogP contribution in [0.3, 0.4) is 0 Å². The maximum Gasteiger partial charge on any atom is 0.240 e. The smallest absolute Gasteiger partial charge is 0.240 e. The second-order valence-electron chi connectivity index (χ2n) is 3.98. The third-order valence-electron chi connectivity index (χ3n) is 2.92. The number of rotatable bonds is 3. The molecule has 1 amide bonds. The first-order chi connectivity index (χ1) is 8.27. The fourth-order valence-corrected chi connectivity index (χ4v) is 1.78. The van der Waals surface area contributed by atoms with E-state index in [1.807, 2.05) is 0 Å². The van der Waals surface area contributed by atoms with Crippen molar-refractivity contribution in [3.63, 3.8) is 0 Å². The van der Waals surface area contributed by atoms with E-state index in [2.05, 4.69) is 21.1 Å². The maximum absolute atomic E-state index is 12.0. The minimum Gasteiger partial charge on any atom is -0.381 e. The Kier molecular flexibility index (Phi) is 3.40. The Hall–Kier alpha value is -1.87. The first-order valence-corrected chi connectivity index (χ1v) is 5.43.